The van der Waals surface area contributed by atoms with E-state index in [0.717, 1.165) is 17.3 Å². The molecule has 8 nitrogen and oxygen atoms in total. The van der Waals surface area contributed by atoms with Gasteiger partial charge in [0.2, 0.25) is 11.8 Å². The van der Waals surface area contributed by atoms with Crippen molar-refractivity contribution in [3.05, 3.63) is 66.7 Å². The lowest BCUT2D eigenvalue weighted by Gasteiger charge is -2.13. The Bertz CT molecular complexity index is 1160. The van der Waals surface area contributed by atoms with Crippen molar-refractivity contribution in [3.8, 4) is 5.75 Å². The number of nitrogens with zero attached hydrogens (tertiary/aromatic N) is 2. The summed E-state index contributed by atoms with van der Waals surface area (Å²) >= 11 is 0.952. The first-order chi connectivity index (χ1) is 15.2. The summed E-state index contributed by atoms with van der Waals surface area (Å²) in [6, 6.07) is 13.1. The number of hydrogen-bond donors (Lipinski definition) is 1. The summed E-state index contributed by atoms with van der Waals surface area (Å²) in [6.45, 7) is 5.55. The first-order valence-corrected chi connectivity index (χ1v) is 12.0. The second-order valence-electron chi connectivity index (χ2n) is 6.99. The van der Waals surface area contributed by atoms with Crippen LogP contribution in [0.4, 0.5) is 5.69 Å². The molecule has 2 amide bonds. The number of sulfonamides is 1. The fourth-order valence-electron chi connectivity index (χ4n) is 2.95. The molecule has 1 aliphatic rings. The number of thioether (sulfide) groups is 1. The van der Waals surface area contributed by atoms with E-state index in [-0.39, 0.29) is 28.9 Å². The number of carbonyl (C=O) groups excluding carboxylic acids is 2. The molecule has 0 aromatic heterocycles. The van der Waals surface area contributed by atoms with Gasteiger partial charge in [-0.05, 0) is 31.2 Å². The number of hydrogen-bond acceptors (Lipinski definition) is 6. The van der Waals surface area contributed by atoms with Gasteiger partial charge in [-0.25, -0.2) is 0 Å². The van der Waals surface area contributed by atoms with Crippen LogP contribution in [0.25, 0.3) is 0 Å². The minimum Gasteiger partial charge on any atom is -0.497 e. The average Bonchev–Trinajstić information content (AvgIpc) is 3.02. The lowest BCUT2D eigenvalue weighted by molar-refractivity contribution is -0.127. The minimum absolute atomic E-state index is 0.0228. The zero-order valence-corrected chi connectivity index (χ0v) is 19.3. The van der Waals surface area contributed by atoms with Gasteiger partial charge in [-0.3, -0.25) is 14.5 Å². The third kappa shape index (κ3) is 5.57. The van der Waals surface area contributed by atoms with Gasteiger partial charge in [-0.2, -0.15) is 8.42 Å². The molecule has 1 aliphatic heterocycles. The maximum absolute atomic E-state index is 12.8. The molecule has 0 spiro atoms. The molecule has 1 fully saturated rings. The third-order valence-electron chi connectivity index (χ3n) is 4.57. The molecule has 168 valence electrons. The van der Waals surface area contributed by atoms with Crippen molar-refractivity contribution in [2.24, 2.45) is 4.40 Å². The van der Waals surface area contributed by atoms with E-state index in [0.29, 0.717) is 11.4 Å². The average molecular weight is 474 g/mol. The Kier molecular flexibility index (Phi) is 7.37. The standard InChI is InChI=1S/C22H23N3O5S2/c1-4-12-25-21(27)19(14-20(26)23-16-6-5-7-17(13-16)30-3)31-22(25)24-32(28,29)18-10-8-15(2)9-11-18/h4-11,13,19H,1,12,14H2,2-3H3,(H,23,26)/b24-22-. The number of amides is 2. The van der Waals surface area contributed by atoms with E-state index in [4.69, 9.17) is 4.74 Å². The van der Waals surface area contributed by atoms with Crippen LogP contribution in [0.15, 0.2) is 70.5 Å². The van der Waals surface area contributed by atoms with Crippen LogP contribution in [0.5, 0.6) is 5.75 Å². The molecule has 10 heteroatoms. The molecule has 1 heterocycles. The van der Waals surface area contributed by atoms with Crippen LogP contribution < -0.4 is 10.1 Å². The molecule has 2 aromatic rings. The number of anilines is 1. The number of rotatable bonds is 8. The van der Waals surface area contributed by atoms with Crippen LogP contribution in [0.3, 0.4) is 0 Å². The summed E-state index contributed by atoms with van der Waals surface area (Å²) in [4.78, 5) is 26.6. The van der Waals surface area contributed by atoms with Crippen LogP contribution in [0, 0.1) is 6.92 Å². The number of amidine groups is 1. The Hall–Kier alpha value is -3.11. The molecule has 1 unspecified atom stereocenters. The number of aryl methyl sites for hydroxylation is 1. The van der Waals surface area contributed by atoms with Crippen molar-refractivity contribution >= 4 is 44.5 Å². The van der Waals surface area contributed by atoms with Crippen LogP contribution in [0.2, 0.25) is 0 Å². The highest BCUT2D eigenvalue weighted by molar-refractivity contribution is 8.16. The molecular formula is C22H23N3O5S2. The van der Waals surface area contributed by atoms with Gasteiger partial charge in [-0.15, -0.1) is 11.0 Å². The van der Waals surface area contributed by atoms with Crippen molar-refractivity contribution in [2.45, 2.75) is 23.5 Å². The first-order valence-electron chi connectivity index (χ1n) is 9.68. The monoisotopic (exact) mass is 473 g/mol. The van der Waals surface area contributed by atoms with Crippen LogP contribution in [-0.2, 0) is 19.6 Å². The number of nitrogens with one attached hydrogen (secondary N) is 1. The van der Waals surface area contributed by atoms with Gasteiger partial charge in [0.15, 0.2) is 5.17 Å². The SMILES string of the molecule is C=CCN1C(=O)C(CC(=O)Nc2cccc(OC)c2)S/C1=N\S(=O)(=O)c1ccc(C)cc1. The predicted octanol–water partition coefficient (Wildman–Crippen LogP) is 3.21. The summed E-state index contributed by atoms with van der Waals surface area (Å²) in [5.74, 6) is -0.194. The van der Waals surface area contributed by atoms with Crippen LogP contribution >= 0.6 is 11.8 Å². The van der Waals surface area contributed by atoms with E-state index in [1.54, 1.807) is 36.4 Å². The van der Waals surface area contributed by atoms with Gasteiger partial charge >= 0.3 is 0 Å². The lowest BCUT2D eigenvalue weighted by atomic mass is 10.2. The van der Waals surface area contributed by atoms with E-state index in [1.165, 1.54) is 30.2 Å². The normalized spacial score (nSPS) is 17.4. The van der Waals surface area contributed by atoms with Crippen molar-refractivity contribution in [3.63, 3.8) is 0 Å². The summed E-state index contributed by atoms with van der Waals surface area (Å²) in [6.07, 6.45) is 1.34. The largest absolute Gasteiger partial charge is 0.497 e. The third-order valence-corrected chi connectivity index (χ3v) is 7.15. The molecule has 0 bridgehead atoms. The van der Waals surface area contributed by atoms with Crippen molar-refractivity contribution in [2.75, 3.05) is 19.0 Å². The van der Waals surface area contributed by atoms with Gasteiger partial charge < -0.3 is 10.1 Å². The predicted molar refractivity (Wildman–Crippen MR) is 125 cm³/mol. The van der Waals surface area contributed by atoms with E-state index >= 15 is 0 Å². The summed E-state index contributed by atoms with van der Waals surface area (Å²) in [5, 5.41) is 1.95. The highest BCUT2D eigenvalue weighted by Crippen LogP contribution is 2.31. The van der Waals surface area contributed by atoms with Gasteiger partial charge in [0.05, 0.1) is 12.0 Å². The topological polar surface area (TPSA) is 105 Å². The smallest absolute Gasteiger partial charge is 0.284 e. The summed E-state index contributed by atoms with van der Waals surface area (Å²) in [7, 11) is -2.50. The second-order valence-corrected chi connectivity index (χ2v) is 9.76. The zero-order valence-electron chi connectivity index (χ0n) is 17.6. The van der Waals surface area contributed by atoms with E-state index in [2.05, 4.69) is 16.3 Å². The minimum atomic E-state index is -4.02. The molecule has 0 aliphatic carbocycles. The molecule has 1 saturated heterocycles. The molecule has 1 atom stereocenters. The van der Waals surface area contributed by atoms with Crippen LogP contribution in [-0.4, -0.2) is 49.2 Å². The van der Waals surface area contributed by atoms with Gasteiger partial charge in [0.1, 0.15) is 11.0 Å². The van der Waals surface area contributed by atoms with Gasteiger partial charge in [0, 0.05) is 24.7 Å². The highest BCUT2D eigenvalue weighted by Gasteiger charge is 2.39. The number of benzene rings is 2. The summed E-state index contributed by atoms with van der Waals surface area (Å²) < 4.78 is 34.5. The molecule has 32 heavy (non-hydrogen) atoms. The molecule has 1 N–H and O–H groups in total. The number of methoxy groups -OCH3 is 1. The van der Waals surface area contributed by atoms with Crippen molar-refractivity contribution in [1.82, 2.24) is 4.90 Å². The number of carbonyl (C=O) groups is 2. The van der Waals surface area contributed by atoms with E-state index in [1.807, 2.05) is 6.92 Å². The second kappa shape index (κ2) is 10.0. The molecule has 2 aromatic carbocycles. The Labute approximate surface area is 191 Å². The van der Waals surface area contributed by atoms with Gasteiger partial charge in [-0.1, -0.05) is 41.6 Å². The molecule has 3 rings (SSSR count). The Morgan fingerprint density at radius 1 is 1.28 bits per heavy atom. The fraction of sp³-hybridized carbons (Fsp3) is 0.227. The Balaban J connectivity index is 1.78. The van der Waals surface area contributed by atoms with Crippen molar-refractivity contribution < 1.29 is 22.7 Å². The van der Waals surface area contributed by atoms with E-state index in [9.17, 15) is 18.0 Å². The maximum Gasteiger partial charge on any atom is 0.284 e. The maximum atomic E-state index is 12.8. The summed E-state index contributed by atoms with van der Waals surface area (Å²) in [5.41, 5.74) is 1.45. The molecule has 0 radical (unpaired) electrons. The van der Waals surface area contributed by atoms with E-state index < -0.39 is 21.2 Å². The van der Waals surface area contributed by atoms with Gasteiger partial charge in [0.25, 0.3) is 10.0 Å². The lowest BCUT2D eigenvalue weighted by Crippen LogP contribution is -2.33. The highest BCUT2D eigenvalue weighted by atomic mass is 32.2. The van der Waals surface area contributed by atoms with Crippen molar-refractivity contribution in [1.29, 1.82) is 0 Å². The Morgan fingerprint density at radius 2 is 2.00 bits per heavy atom. The fourth-order valence-corrected chi connectivity index (χ4v) is 5.32. The Morgan fingerprint density at radius 3 is 2.66 bits per heavy atom. The first kappa shape index (κ1) is 23.6. The number of ether oxygens (including phenoxy) is 1. The van der Waals surface area contributed by atoms with Crippen LogP contribution in [0.1, 0.15) is 12.0 Å². The molecular weight excluding hydrogens is 450 g/mol. The zero-order chi connectivity index (χ0) is 23.3. The molecule has 0 saturated carbocycles. The quantitative estimate of drug-likeness (QED) is 0.591.